The van der Waals surface area contributed by atoms with Gasteiger partial charge in [0.15, 0.2) is 5.82 Å². The molecule has 2 heterocycles. The van der Waals surface area contributed by atoms with Gasteiger partial charge in [0, 0.05) is 24.0 Å². The van der Waals surface area contributed by atoms with Crippen molar-refractivity contribution in [2.75, 3.05) is 19.0 Å². The molecule has 1 saturated heterocycles. The minimum absolute atomic E-state index is 0.0991. The summed E-state index contributed by atoms with van der Waals surface area (Å²) < 4.78 is 18.4. The maximum absolute atomic E-state index is 13.3. The van der Waals surface area contributed by atoms with Crippen LogP contribution in [0.25, 0.3) is 0 Å². The Kier molecular flexibility index (Phi) is 6.63. The van der Waals surface area contributed by atoms with Gasteiger partial charge >= 0.3 is 0 Å². The molecule has 0 bridgehead atoms. The van der Waals surface area contributed by atoms with Gasteiger partial charge in [-0.05, 0) is 68.7 Å². The van der Waals surface area contributed by atoms with Crippen LogP contribution in [0.4, 0.5) is 10.1 Å². The monoisotopic (exact) mass is 448 g/mol. The first-order chi connectivity index (χ1) is 16.0. The summed E-state index contributed by atoms with van der Waals surface area (Å²) in [4.78, 5) is 36.8. The SMILES string of the molecule is COc1cccc(C(=O)N2CCCC[C@H]2c2ncc(C(=O)Nc3ccc(F)cc3)c(C)n2)c1. The van der Waals surface area contributed by atoms with E-state index in [1.165, 1.54) is 30.5 Å². The number of ether oxygens (including phenoxy) is 1. The number of benzene rings is 2. The van der Waals surface area contributed by atoms with Crippen LogP contribution in [0.3, 0.4) is 0 Å². The van der Waals surface area contributed by atoms with Crippen LogP contribution in [0.1, 0.15) is 57.5 Å². The quantitative estimate of drug-likeness (QED) is 0.619. The fourth-order valence-electron chi connectivity index (χ4n) is 3.97. The van der Waals surface area contributed by atoms with Crippen molar-refractivity contribution in [3.8, 4) is 5.75 Å². The number of aryl methyl sites for hydroxylation is 1. The van der Waals surface area contributed by atoms with Gasteiger partial charge in [-0.25, -0.2) is 14.4 Å². The number of carbonyl (C=O) groups excluding carboxylic acids is 2. The van der Waals surface area contributed by atoms with Gasteiger partial charge in [0.2, 0.25) is 0 Å². The van der Waals surface area contributed by atoms with E-state index in [0.29, 0.717) is 40.6 Å². The number of carbonyl (C=O) groups is 2. The standard InChI is InChI=1S/C25H25FN4O3/c1-16-21(24(31)29-19-11-9-18(26)10-12-19)15-27-23(28-16)22-8-3-4-13-30(22)25(32)17-6-5-7-20(14-17)33-2/h5-7,9-12,14-15,22H,3-4,8,13H2,1-2H3,(H,29,31)/t22-/m0/s1. The number of methoxy groups -OCH3 is 1. The number of nitrogens with zero attached hydrogens (tertiary/aromatic N) is 3. The number of hydrogen-bond acceptors (Lipinski definition) is 5. The van der Waals surface area contributed by atoms with Gasteiger partial charge in [0.1, 0.15) is 11.6 Å². The number of likely N-dealkylation sites (tertiary alicyclic amines) is 1. The van der Waals surface area contributed by atoms with Crippen LogP contribution in [-0.4, -0.2) is 40.3 Å². The molecule has 1 atom stereocenters. The molecule has 33 heavy (non-hydrogen) atoms. The maximum Gasteiger partial charge on any atom is 0.259 e. The van der Waals surface area contributed by atoms with Gasteiger partial charge in [-0.15, -0.1) is 0 Å². The van der Waals surface area contributed by atoms with Gasteiger partial charge in [0.25, 0.3) is 11.8 Å². The molecule has 1 aromatic heterocycles. The van der Waals surface area contributed by atoms with Gasteiger partial charge in [-0.2, -0.15) is 0 Å². The fraction of sp³-hybridized carbons (Fsp3) is 0.280. The molecule has 0 saturated carbocycles. The van der Waals surface area contributed by atoms with E-state index in [1.807, 2.05) is 0 Å². The maximum atomic E-state index is 13.3. The first-order valence-corrected chi connectivity index (χ1v) is 10.8. The Bertz CT molecular complexity index is 1170. The lowest BCUT2D eigenvalue weighted by atomic mass is 9.99. The molecule has 0 spiro atoms. The molecule has 1 aliphatic rings. The fourth-order valence-corrected chi connectivity index (χ4v) is 3.97. The summed E-state index contributed by atoms with van der Waals surface area (Å²) in [5.74, 6) is 0.286. The van der Waals surface area contributed by atoms with Crippen LogP contribution in [-0.2, 0) is 0 Å². The highest BCUT2D eigenvalue weighted by Gasteiger charge is 2.31. The lowest BCUT2D eigenvalue weighted by Crippen LogP contribution is -2.39. The Morgan fingerprint density at radius 3 is 2.67 bits per heavy atom. The number of aromatic nitrogens is 2. The van der Waals surface area contributed by atoms with Gasteiger partial charge in [-0.1, -0.05) is 6.07 Å². The molecule has 0 aliphatic carbocycles. The highest BCUT2D eigenvalue weighted by Crippen LogP contribution is 2.31. The zero-order chi connectivity index (χ0) is 23.4. The molecule has 0 unspecified atom stereocenters. The predicted molar refractivity (Wildman–Crippen MR) is 122 cm³/mol. The van der Waals surface area contributed by atoms with Gasteiger partial charge in [-0.3, -0.25) is 9.59 Å². The summed E-state index contributed by atoms with van der Waals surface area (Å²) in [5.41, 5.74) is 1.86. The average molecular weight is 448 g/mol. The van der Waals surface area contributed by atoms with Gasteiger partial charge < -0.3 is 15.0 Å². The summed E-state index contributed by atoms with van der Waals surface area (Å²) in [6.45, 7) is 2.34. The molecule has 2 amide bonds. The van der Waals surface area contributed by atoms with E-state index in [1.54, 1.807) is 43.2 Å². The molecule has 4 rings (SSSR count). The van der Waals surface area contributed by atoms with Crippen molar-refractivity contribution in [3.63, 3.8) is 0 Å². The first-order valence-electron chi connectivity index (χ1n) is 10.8. The van der Waals surface area contributed by atoms with Crippen molar-refractivity contribution in [2.45, 2.75) is 32.2 Å². The predicted octanol–water partition coefficient (Wildman–Crippen LogP) is 4.55. The van der Waals surface area contributed by atoms with E-state index < -0.39 is 0 Å². The molecule has 7 nitrogen and oxygen atoms in total. The third-order valence-electron chi connectivity index (χ3n) is 5.72. The minimum atomic E-state index is -0.377. The molecular formula is C25H25FN4O3. The number of piperidine rings is 1. The summed E-state index contributed by atoms with van der Waals surface area (Å²) in [6.07, 6.45) is 4.10. The number of halogens is 1. The van der Waals surface area contributed by atoms with E-state index >= 15 is 0 Å². The van der Waals surface area contributed by atoms with Crippen LogP contribution >= 0.6 is 0 Å². The van der Waals surface area contributed by atoms with Crippen molar-refractivity contribution in [1.82, 2.24) is 14.9 Å². The zero-order valence-electron chi connectivity index (χ0n) is 18.5. The molecule has 3 aromatic rings. The highest BCUT2D eigenvalue weighted by atomic mass is 19.1. The van der Waals surface area contributed by atoms with E-state index in [2.05, 4.69) is 15.3 Å². The van der Waals surface area contributed by atoms with Crippen LogP contribution < -0.4 is 10.1 Å². The second-order valence-corrected chi connectivity index (χ2v) is 7.93. The Hall–Kier alpha value is -3.81. The van der Waals surface area contributed by atoms with Crippen molar-refractivity contribution in [1.29, 1.82) is 0 Å². The van der Waals surface area contributed by atoms with E-state index in [4.69, 9.17) is 4.74 Å². The normalized spacial score (nSPS) is 15.7. The summed E-state index contributed by atoms with van der Waals surface area (Å²) in [6, 6.07) is 12.3. The molecule has 1 N–H and O–H groups in total. The topological polar surface area (TPSA) is 84.4 Å². The number of anilines is 1. The molecule has 2 aromatic carbocycles. The van der Waals surface area contributed by atoms with Crippen LogP contribution in [0.5, 0.6) is 5.75 Å². The summed E-state index contributed by atoms with van der Waals surface area (Å²) in [5, 5.41) is 2.72. The van der Waals surface area contributed by atoms with Crippen LogP contribution in [0.15, 0.2) is 54.7 Å². The Labute approximate surface area is 191 Å². The van der Waals surface area contributed by atoms with Crippen molar-refractivity contribution >= 4 is 17.5 Å². The third-order valence-corrected chi connectivity index (χ3v) is 5.72. The van der Waals surface area contributed by atoms with E-state index in [-0.39, 0.29) is 23.7 Å². The van der Waals surface area contributed by atoms with Crippen molar-refractivity contribution < 1.29 is 18.7 Å². The first kappa shape index (κ1) is 22.4. The molecule has 170 valence electrons. The summed E-state index contributed by atoms with van der Waals surface area (Å²) >= 11 is 0. The zero-order valence-corrected chi connectivity index (χ0v) is 18.5. The Morgan fingerprint density at radius 2 is 1.94 bits per heavy atom. The third kappa shape index (κ3) is 5.00. The van der Waals surface area contributed by atoms with Gasteiger partial charge in [0.05, 0.1) is 24.4 Å². The molecule has 8 heteroatoms. The van der Waals surface area contributed by atoms with Crippen molar-refractivity contribution in [3.05, 3.63) is 83.2 Å². The smallest absolute Gasteiger partial charge is 0.259 e. The van der Waals surface area contributed by atoms with Crippen molar-refractivity contribution in [2.24, 2.45) is 0 Å². The average Bonchev–Trinajstić information content (AvgIpc) is 2.85. The second-order valence-electron chi connectivity index (χ2n) is 7.93. The van der Waals surface area contributed by atoms with Crippen LogP contribution in [0, 0.1) is 12.7 Å². The van der Waals surface area contributed by atoms with Crippen LogP contribution in [0.2, 0.25) is 0 Å². The number of amides is 2. The molecule has 0 radical (unpaired) electrons. The van der Waals surface area contributed by atoms with E-state index in [0.717, 1.165) is 19.3 Å². The lowest BCUT2D eigenvalue weighted by Gasteiger charge is -2.35. The molecule has 1 fully saturated rings. The minimum Gasteiger partial charge on any atom is -0.497 e. The lowest BCUT2D eigenvalue weighted by molar-refractivity contribution is 0.0598. The highest BCUT2D eigenvalue weighted by molar-refractivity contribution is 6.04. The second kappa shape index (κ2) is 9.77. The largest absolute Gasteiger partial charge is 0.497 e. The van der Waals surface area contributed by atoms with E-state index in [9.17, 15) is 14.0 Å². The number of nitrogens with one attached hydrogen (secondary N) is 1. The summed E-state index contributed by atoms with van der Waals surface area (Å²) in [7, 11) is 1.57. The number of hydrogen-bond donors (Lipinski definition) is 1. The Morgan fingerprint density at radius 1 is 1.15 bits per heavy atom. The molecule has 1 aliphatic heterocycles. The molecular weight excluding hydrogens is 423 g/mol. The number of rotatable bonds is 5. The Balaban J connectivity index is 1.55.